The van der Waals surface area contributed by atoms with Gasteiger partial charge in [0.1, 0.15) is 0 Å². The molecule has 0 radical (unpaired) electrons. The Labute approximate surface area is 103 Å². The summed E-state index contributed by atoms with van der Waals surface area (Å²) in [5, 5.41) is 0. The van der Waals surface area contributed by atoms with E-state index >= 15 is 0 Å². The number of nitrogens with zero attached hydrogens (tertiary/aromatic N) is 1. The first kappa shape index (κ1) is 10.5. The maximum absolute atomic E-state index is 4.59. The normalized spacial score (nSPS) is 14.4. The highest BCUT2D eigenvalue weighted by molar-refractivity contribution is 5.35. The second-order valence-electron chi connectivity index (χ2n) is 4.76. The van der Waals surface area contributed by atoms with Crippen LogP contribution < -0.4 is 0 Å². The van der Waals surface area contributed by atoms with Crippen molar-refractivity contribution in [1.29, 1.82) is 0 Å². The lowest BCUT2D eigenvalue weighted by atomic mass is 9.89. The summed E-state index contributed by atoms with van der Waals surface area (Å²) in [5.74, 6) is 0. The molecular weight excluding hydrogens is 206 g/mol. The fourth-order valence-corrected chi connectivity index (χ4v) is 2.68. The Morgan fingerprint density at radius 1 is 0.941 bits per heavy atom. The number of hydrogen-bond acceptors (Lipinski definition) is 1. The first-order chi connectivity index (χ1) is 8.43. The lowest BCUT2D eigenvalue weighted by molar-refractivity contribution is 0.674. The minimum atomic E-state index is 0.976. The van der Waals surface area contributed by atoms with E-state index in [2.05, 4.69) is 41.4 Å². The first-order valence-electron chi connectivity index (χ1n) is 6.43. The fourth-order valence-electron chi connectivity index (χ4n) is 2.68. The van der Waals surface area contributed by atoms with Crippen molar-refractivity contribution in [2.75, 3.05) is 0 Å². The van der Waals surface area contributed by atoms with Gasteiger partial charge >= 0.3 is 0 Å². The van der Waals surface area contributed by atoms with E-state index in [0.29, 0.717) is 0 Å². The number of rotatable bonds is 2. The van der Waals surface area contributed by atoms with Gasteiger partial charge in [-0.2, -0.15) is 0 Å². The molecule has 0 amide bonds. The van der Waals surface area contributed by atoms with Crippen LogP contribution in [0.4, 0.5) is 0 Å². The van der Waals surface area contributed by atoms with E-state index < -0.39 is 0 Å². The Bertz CT molecular complexity index is 502. The van der Waals surface area contributed by atoms with Gasteiger partial charge in [0.15, 0.2) is 0 Å². The van der Waals surface area contributed by atoms with E-state index in [1.54, 1.807) is 0 Å². The van der Waals surface area contributed by atoms with Gasteiger partial charge in [0.05, 0.1) is 0 Å². The van der Waals surface area contributed by atoms with Crippen molar-refractivity contribution in [3.8, 4) is 0 Å². The lowest BCUT2D eigenvalue weighted by Gasteiger charge is -2.18. The molecule has 0 saturated heterocycles. The number of aromatic nitrogens is 1. The molecule has 0 saturated carbocycles. The maximum Gasteiger partial charge on any atom is 0.0482 e. The second-order valence-corrected chi connectivity index (χ2v) is 4.76. The zero-order valence-electron chi connectivity index (χ0n) is 10.0. The molecule has 1 aliphatic carbocycles. The molecule has 0 aliphatic heterocycles. The highest BCUT2D eigenvalue weighted by Gasteiger charge is 2.13. The van der Waals surface area contributed by atoms with Gasteiger partial charge < -0.3 is 0 Å². The van der Waals surface area contributed by atoms with Crippen molar-refractivity contribution in [3.63, 3.8) is 0 Å². The SMILES string of the molecule is c1ccc(Cc2nccc3c2CCCC3)cc1. The summed E-state index contributed by atoms with van der Waals surface area (Å²) in [4.78, 5) is 4.59. The summed E-state index contributed by atoms with van der Waals surface area (Å²) >= 11 is 0. The van der Waals surface area contributed by atoms with Crippen molar-refractivity contribution < 1.29 is 0 Å². The molecule has 1 aliphatic rings. The fraction of sp³-hybridized carbons (Fsp3) is 0.312. The summed E-state index contributed by atoms with van der Waals surface area (Å²) in [5.41, 5.74) is 5.69. The monoisotopic (exact) mass is 223 g/mol. The van der Waals surface area contributed by atoms with E-state index in [9.17, 15) is 0 Å². The van der Waals surface area contributed by atoms with Gasteiger partial charge in [-0.25, -0.2) is 0 Å². The van der Waals surface area contributed by atoms with Crippen LogP contribution in [0.5, 0.6) is 0 Å². The number of benzene rings is 1. The van der Waals surface area contributed by atoms with E-state index in [1.807, 2.05) is 6.20 Å². The topological polar surface area (TPSA) is 12.9 Å². The number of pyridine rings is 1. The molecule has 1 heterocycles. The summed E-state index contributed by atoms with van der Waals surface area (Å²) in [6.07, 6.45) is 8.06. The molecule has 1 heteroatoms. The Kier molecular flexibility index (Phi) is 2.91. The summed E-state index contributed by atoms with van der Waals surface area (Å²) < 4.78 is 0. The van der Waals surface area contributed by atoms with Crippen LogP contribution in [0.15, 0.2) is 42.6 Å². The van der Waals surface area contributed by atoms with Crippen LogP contribution in [0.25, 0.3) is 0 Å². The molecule has 1 aromatic heterocycles. The molecular formula is C16H17N. The van der Waals surface area contributed by atoms with Gasteiger partial charge in [0.2, 0.25) is 0 Å². The largest absolute Gasteiger partial charge is 0.261 e. The summed E-state index contributed by atoms with van der Waals surface area (Å²) in [6, 6.07) is 12.8. The molecule has 0 N–H and O–H groups in total. The van der Waals surface area contributed by atoms with Crippen LogP contribution in [0.1, 0.15) is 35.2 Å². The van der Waals surface area contributed by atoms with Crippen molar-refractivity contribution in [2.24, 2.45) is 0 Å². The third-order valence-corrected chi connectivity index (χ3v) is 3.58. The highest BCUT2D eigenvalue weighted by Crippen LogP contribution is 2.24. The van der Waals surface area contributed by atoms with Gasteiger partial charge in [-0.3, -0.25) is 4.98 Å². The van der Waals surface area contributed by atoms with E-state index in [-0.39, 0.29) is 0 Å². The standard InChI is InChI=1S/C16H17N/c1-2-6-13(7-3-1)12-16-15-9-5-4-8-14(15)10-11-17-16/h1-3,6-7,10-11H,4-5,8-9,12H2. The average molecular weight is 223 g/mol. The van der Waals surface area contributed by atoms with Crippen LogP contribution in [0, 0.1) is 0 Å². The lowest BCUT2D eigenvalue weighted by Crippen LogP contribution is -2.08. The average Bonchev–Trinajstić information content (AvgIpc) is 2.40. The summed E-state index contributed by atoms with van der Waals surface area (Å²) in [6.45, 7) is 0. The van der Waals surface area contributed by atoms with Crippen LogP contribution in [-0.4, -0.2) is 4.98 Å². The maximum atomic E-state index is 4.59. The van der Waals surface area contributed by atoms with Gasteiger partial charge in [-0.1, -0.05) is 30.3 Å². The third-order valence-electron chi connectivity index (χ3n) is 3.58. The predicted molar refractivity (Wildman–Crippen MR) is 70.1 cm³/mol. The van der Waals surface area contributed by atoms with Crippen LogP contribution in [0.3, 0.4) is 0 Å². The molecule has 0 unspecified atom stereocenters. The Morgan fingerprint density at radius 3 is 2.65 bits per heavy atom. The van der Waals surface area contributed by atoms with Crippen molar-refractivity contribution in [2.45, 2.75) is 32.1 Å². The van der Waals surface area contributed by atoms with E-state index in [4.69, 9.17) is 0 Å². The molecule has 0 spiro atoms. The molecule has 1 nitrogen and oxygen atoms in total. The zero-order valence-corrected chi connectivity index (χ0v) is 10.0. The van der Waals surface area contributed by atoms with Crippen LogP contribution >= 0.6 is 0 Å². The molecule has 86 valence electrons. The van der Waals surface area contributed by atoms with E-state index in [1.165, 1.54) is 48.1 Å². The van der Waals surface area contributed by atoms with Gasteiger partial charge in [0, 0.05) is 18.3 Å². The Morgan fingerprint density at radius 2 is 1.76 bits per heavy atom. The smallest absolute Gasteiger partial charge is 0.0482 e. The van der Waals surface area contributed by atoms with Gasteiger partial charge in [-0.05, 0) is 48.4 Å². The van der Waals surface area contributed by atoms with Gasteiger partial charge in [0.25, 0.3) is 0 Å². The molecule has 3 rings (SSSR count). The number of fused-ring (bicyclic) bond motifs is 1. The van der Waals surface area contributed by atoms with Crippen LogP contribution in [0.2, 0.25) is 0 Å². The first-order valence-corrected chi connectivity index (χ1v) is 6.43. The Hall–Kier alpha value is -1.63. The minimum Gasteiger partial charge on any atom is -0.261 e. The quantitative estimate of drug-likeness (QED) is 0.758. The molecule has 1 aromatic carbocycles. The van der Waals surface area contributed by atoms with Crippen LogP contribution in [-0.2, 0) is 19.3 Å². The molecule has 0 fully saturated rings. The van der Waals surface area contributed by atoms with Crippen molar-refractivity contribution in [1.82, 2.24) is 4.98 Å². The van der Waals surface area contributed by atoms with E-state index in [0.717, 1.165) is 6.42 Å². The molecule has 17 heavy (non-hydrogen) atoms. The number of hydrogen-bond donors (Lipinski definition) is 0. The molecule has 0 atom stereocenters. The highest BCUT2D eigenvalue weighted by atomic mass is 14.7. The third kappa shape index (κ3) is 2.23. The zero-order chi connectivity index (χ0) is 11.5. The summed E-state index contributed by atoms with van der Waals surface area (Å²) in [7, 11) is 0. The molecule has 2 aromatic rings. The van der Waals surface area contributed by atoms with Crippen molar-refractivity contribution in [3.05, 3.63) is 65.0 Å². The Balaban J connectivity index is 1.93. The van der Waals surface area contributed by atoms with Crippen molar-refractivity contribution >= 4 is 0 Å². The minimum absolute atomic E-state index is 0.976. The second kappa shape index (κ2) is 4.70. The predicted octanol–water partition coefficient (Wildman–Crippen LogP) is 3.55. The number of aryl methyl sites for hydroxylation is 1. The van der Waals surface area contributed by atoms with Gasteiger partial charge in [-0.15, -0.1) is 0 Å². The molecule has 0 bridgehead atoms.